The van der Waals surface area contributed by atoms with E-state index < -0.39 is 50.2 Å². The van der Waals surface area contributed by atoms with Gasteiger partial charge in [0.2, 0.25) is 0 Å². The van der Waals surface area contributed by atoms with Crippen LogP contribution < -0.4 is 11.2 Å². The van der Waals surface area contributed by atoms with Gasteiger partial charge in [-0.05, 0) is 0 Å². The van der Waals surface area contributed by atoms with Gasteiger partial charge in [0.05, 0.1) is 6.61 Å². The highest BCUT2D eigenvalue weighted by molar-refractivity contribution is 7.46. The van der Waals surface area contributed by atoms with Crippen LogP contribution in [0.5, 0.6) is 0 Å². The zero-order chi connectivity index (χ0) is 15.8. The number of aromatic amines is 1. The Hall–Kier alpha value is -1.41. The molecule has 4 atom stereocenters. The van der Waals surface area contributed by atoms with Gasteiger partial charge in [-0.25, -0.2) is 9.36 Å². The first-order chi connectivity index (χ1) is 9.69. The fraction of sp³-hybridized carbons (Fsp3) is 0.556. The molecular weight excluding hydrogens is 343 g/mol. The van der Waals surface area contributed by atoms with E-state index >= 15 is 0 Å². The molecule has 23 heavy (non-hydrogen) atoms. The van der Waals surface area contributed by atoms with Gasteiger partial charge in [-0.1, -0.05) is 0 Å². The summed E-state index contributed by atoms with van der Waals surface area (Å²) in [7, 11) is -4.76. The molecule has 0 amide bonds. The van der Waals surface area contributed by atoms with Crippen molar-refractivity contribution in [1.82, 2.24) is 9.55 Å². The molecule has 134 valence electrons. The normalized spacial score (nSPS) is 27.1. The van der Waals surface area contributed by atoms with Crippen LogP contribution in [0.25, 0.3) is 0 Å². The molecule has 0 aromatic carbocycles. The molecule has 0 saturated carbocycles. The largest absolute Gasteiger partial charge is 0.469 e. The van der Waals surface area contributed by atoms with E-state index in [0.717, 1.165) is 16.8 Å². The van der Waals surface area contributed by atoms with Crippen molar-refractivity contribution >= 4 is 7.82 Å². The van der Waals surface area contributed by atoms with Crippen molar-refractivity contribution in [3.63, 3.8) is 0 Å². The van der Waals surface area contributed by atoms with Gasteiger partial charge < -0.3 is 35.7 Å². The van der Waals surface area contributed by atoms with E-state index in [-0.39, 0.29) is 11.0 Å². The molecule has 1 aromatic heterocycles. The fourth-order valence-corrected chi connectivity index (χ4v) is 2.24. The number of hydrogen-bond donors (Lipinski definition) is 5. The zero-order valence-electron chi connectivity index (χ0n) is 11.4. The number of nitrogens with one attached hydrogen (secondary N) is 1. The number of aliphatic hydroxyl groups is 2. The van der Waals surface area contributed by atoms with Crippen LogP contribution in [-0.2, 0) is 13.8 Å². The topological polar surface area (TPSA) is 234 Å². The minimum Gasteiger partial charge on any atom is -0.412 e. The number of aromatic nitrogens is 2. The second kappa shape index (κ2) is 7.92. The third-order valence-corrected chi connectivity index (χ3v) is 3.35. The predicted molar refractivity (Wildman–Crippen MR) is 72.5 cm³/mol. The van der Waals surface area contributed by atoms with Gasteiger partial charge in [-0.15, -0.1) is 0 Å². The number of aliphatic hydroxyl groups excluding tert-OH is 2. The lowest BCUT2D eigenvalue weighted by Crippen LogP contribution is -2.37. The van der Waals surface area contributed by atoms with E-state index in [9.17, 15) is 24.4 Å². The first kappa shape index (κ1) is 21.6. The standard InChI is InChI=1S/C9H13N2O9P.2H2O/c12-5-1-2-11(9(15)10-5)8-7(14)6(13)4(20-8)3-19-21(16,17)18;;/h1-2,4,6-8,13-14H,3H2,(H,10,12,15)(H2,16,17,18);2*1H2/t4-,6-,7-,8-;;/m1../s1. The SMILES string of the molecule is O.O.O=c1ccn([C@@H]2O[C@H](COP(=O)(O)O)[C@@H](O)[C@H]2O)c(=O)[nH]1. The van der Waals surface area contributed by atoms with Crippen LogP contribution in [0.3, 0.4) is 0 Å². The van der Waals surface area contributed by atoms with Crippen LogP contribution in [0.2, 0.25) is 0 Å². The van der Waals surface area contributed by atoms with Crippen molar-refractivity contribution in [3.8, 4) is 0 Å². The first-order valence-corrected chi connectivity index (χ1v) is 7.25. The Balaban J connectivity index is 0.00000242. The Bertz CT molecular complexity index is 666. The third kappa shape index (κ3) is 5.04. The molecule has 1 aliphatic heterocycles. The number of rotatable bonds is 4. The maximum absolute atomic E-state index is 11.6. The molecule has 2 heterocycles. The van der Waals surface area contributed by atoms with Gasteiger partial charge in [-0.2, -0.15) is 0 Å². The van der Waals surface area contributed by atoms with E-state index in [4.69, 9.17) is 14.5 Å². The second-order valence-electron chi connectivity index (χ2n) is 4.35. The molecule has 14 heteroatoms. The molecule has 0 aliphatic carbocycles. The van der Waals surface area contributed by atoms with Crippen molar-refractivity contribution in [3.05, 3.63) is 33.1 Å². The summed E-state index contributed by atoms with van der Waals surface area (Å²) < 4.78 is 20.8. The van der Waals surface area contributed by atoms with Crippen molar-refractivity contribution in [2.75, 3.05) is 6.61 Å². The molecule has 1 aliphatic rings. The van der Waals surface area contributed by atoms with Crippen LogP contribution in [0.15, 0.2) is 21.9 Å². The van der Waals surface area contributed by atoms with Gasteiger partial charge in [0.25, 0.3) is 5.56 Å². The molecule has 13 nitrogen and oxygen atoms in total. The summed E-state index contributed by atoms with van der Waals surface area (Å²) in [6.45, 7) is -0.683. The molecule has 0 bridgehead atoms. The lowest BCUT2D eigenvalue weighted by molar-refractivity contribution is -0.0543. The number of hydrogen-bond acceptors (Lipinski definition) is 7. The van der Waals surface area contributed by atoms with Crippen molar-refractivity contribution in [1.29, 1.82) is 0 Å². The van der Waals surface area contributed by atoms with Gasteiger partial charge in [0.1, 0.15) is 18.3 Å². The van der Waals surface area contributed by atoms with Crippen molar-refractivity contribution in [2.24, 2.45) is 0 Å². The second-order valence-corrected chi connectivity index (χ2v) is 5.59. The highest BCUT2D eigenvalue weighted by Gasteiger charge is 2.44. The molecule has 9 N–H and O–H groups in total. The molecule has 2 rings (SSSR count). The number of phosphoric acid groups is 1. The van der Waals surface area contributed by atoms with Crippen molar-refractivity contribution in [2.45, 2.75) is 24.5 Å². The third-order valence-electron chi connectivity index (χ3n) is 2.87. The Kier molecular flexibility index (Phi) is 7.43. The van der Waals surface area contributed by atoms with Crippen molar-refractivity contribution < 1.29 is 44.8 Å². The van der Waals surface area contributed by atoms with Crippen LogP contribution in [-0.4, -0.2) is 65.4 Å². The lowest BCUT2D eigenvalue weighted by atomic mass is 10.1. The van der Waals surface area contributed by atoms with Crippen LogP contribution >= 0.6 is 7.82 Å². The summed E-state index contributed by atoms with van der Waals surface area (Å²) in [5.41, 5.74) is -1.51. The molecule has 0 spiro atoms. The van der Waals surface area contributed by atoms with Gasteiger partial charge >= 0.3 is 13.5 Å². The van der Waals surface area contributed by atoms with E-state index in [1.807, 2.05) is 4.98 Å². The fourth-order valence-electron chi connectivity index (χ4n) is 1.89. The predicted octanol–water partition coefficient (Wildman–Crippen LogP) is -4.38. The van der Waals surface area contributed by atoms with E-state index in [0.29, 0.717) is 0 Å². The highest BCUT2D eigenvalue weighted by atomic mass is 31.2. The molecule has 1 fully saturated rings. The Morgan fingerprint density at radius 2 is 1.87 bits per heavy atom. The summed E-state index contributed by atoms with van der Waals surface area (Å²) in [6, 6.07) is 1.02. The smallest absolute Gasteiger partial charge is 0.412 e. The first-order valence-electron chi connectivity index (χ1n) is 5.72. The van der Waals surface area contributed by atoms with Gasteiger partial charge in [0, 0.05) is 12.3 Å². The molecule has 0 unspecified atom stereocenters. The quantitative estimate of drug-likeness (QED) is 0.325. The summed E-state index contributed by atoms with van der Waals surface area (Å²) in [5, 5.41) is 19.6. The minimum absolute atomic E-state index is 0. The Labute approximate surface area is 127 Å². The highest BCUT2D eigenvalue weighted by Crippen LogP contribution is 2.38. The number of H-pyrrole nitrogens is 1. The van der Waals surface area contributed by atoms with Crippen LogP contribution in [0.4, 0.5) is 0 Å². The maximum Gasteiger partial charge on any atom is 0.469 e. The summed E-state index contributed by atoms with van der Waals surface area (Å²) in [4.78, 5) is 41.6. The summed E-state index contributed by atoms with van der Waals surface area (Å²) in [5.74, 6) is 0. The number of nitrogens with zero attached hydrogens (tertiary/aromatic N) is 1. The van der Waals surface area contributed by atoms with Gasteiger partial charge in [0.15, 0.2) is 6.23 Å². The van der Waals surface area contributed by atoms with E-state index in [2.05, 4.69) is 4.52 Å². The average Bonchev–Trinajstić information content (AvgIpc) is 2.64. The van der Waals surface area contributed by atoms with E-state index in [1.54, 1.807) is 0 Å². The van der Waals surface area contributed by atoms with E-state index in [1.165, 1.54) is 0 Å². The molecule has 1 saturated heterocycles. The summed E-state index contributed by atoms with van der Waals surface area (Å²) >= 11 is 0. The van der Waals surface area contributed by atoms with Crippen LogP contribution in [0, 0.1) is 0 Å². The average molecular weight is 360 g/mol. The van der Waals surface area contributed by atoms with Crippen LogP contribution in [0.1, 0.15) is 6.23 Å². The van der Waals surface area contributed by atoms with Gasteiger partial charge in [-0.3, -0.25) is 18.9 Å². The monoisotopic (exact) mass is 360 g/mol. The number of ether oxygens (including phenoxy) is 1. The Morgan fingerprint density at radius 1 is 1.26 bits per heavy atom. The molecular formula is C9H17N2O11P. The Morgan fingerprint density at radius 3 is 2.39 bits per heavy atom. The minimum atomic E-state index is -4.76. The number of phosphoric ester groups is 1. The maximum atomic E-state index is 11.6. The molecule has 1 aromatic rings. The zero-order valence-corrected chi connectivity index (χ0v) is 12.3. The summed E-state index contributed by atoms with van der Waals surface area (Å²) in [6.07, 6.45) is -4.58. The lowest BCUT2D eigenvalue weighted by Gasteiger charge is -2.16. The molecule has 0 radical (unpaired) electrons.